The van der Waals surface area contributed by atoms with Crippen molar-refractivity contribution in [2.24, 2.45) is 5.92 Å². The standard InChI is InChI=1S/C21H28O6/c1-12-7-6-8-13(2)10-17-19(15(4)21(24)27-17)16(9-12)26-20(23)14(3)18(11-22)25-5/h7,10,16-19,22H,3-4,6,8-9,11H2,1-2,5H3/b12-7+,13-10+/t16-,17-,18?,19-/m1/s1. The first kappa shape index (κ1) is 21.1. The molecule has 0 saturated carbocycles. The minimum absolute atomic E-state index is 0.0258. The van der Waals surface area contributed by atoms with E-state index in [9.17, 15) is 14.7 Å². The van der Waals surface area contributed by atoms with E-state index in [1.54, 1.807) is 0 Å². The summed E-state index contributed by atoms with van der Waals surface area (Å²) in [7, 11) is 1.38. The molecule has 6 nitrogen and oxygen atoms in total. The second kappa shape index (κ2) is 9.15. The van der Waals surface area contributed by atoms with Gasteiger partial charge in [-0.15, -0.1) is 0 Å². The zero-order chi connectivity index (χ0) is 20.1. The van der Waals surface area contributed by atoms with Crippen molar-refractivity contribution in [3.8, 4) is 0 Å². The predicted molar refractivity (Wildman–Crippen MR) is 101 cm³/mol. The van der Waals surface area contributed by atoms with Gasteiger partial charge >= 0.3 is 11.9 Å². The molecule has 0 amide bonds. The number of carbonyl (C=O) groups is 2. The molecule has 2 rings (SSSR count). The second-order valence-corrected chi connectivity index (χ2v) is 7.10. The summed E-state index contributed by atoms with van der Waals surface area (Å²) in [5.41, 5.74) is 2.49. The van der Waals surface area contributed by atoms with Gasteiger partial charge in [-0.2, -0.15) is 0 Å². The van der Waals surface area contributed by atoms with Crippen LogP contribution in [0.4, 0.5) is 0 Å². The SMILES string of the molecule is C=C(C(=O)O[C@@H]1C/C(C)=C/CC/C(C)=C/[C@H]2OC(=O)C(=C)[C@@H]21)C(CO)OC. The smallest absolute Gasteiger partial charge is 0.336 e. The third-order valence-electron chi connectivity index (χ3n) is 5.03. The number of carbonyl (C=O) groups excluding carboxylic acids is 2. The first-order valence-electron chi connectivity index (χ1n) is 9.04. The lowest BCUT2D eigenvalue weighted by atomic mass is 9.85. The van der Waals surface area contributed by atoms with Crippen LogP contribution in [-0.4, -0.2) is 49.1 Å². The number of esters is 2. The Labute approximate surface area is 160 Å². The van der Waals surface area contributed by atoms with Crippen molar-refractivity contribution in [1.29, 1.82) is 0 Å². The molecule has 0 aromatic heterocycles. The summed E-state index contributed by atoms with van der Waals surface area (Å²) in [6.07, 6.45) is 4.24. The van der Waals surface area contributed by atoms with Gasteiger partial charge in [0.1, 0.15) is 18.3 Å². The molecular formula is C21H28O6. The number of ether oxygens (including phenoxy) is 3. The highest BCUT2D eigenvalue weighted by molar-refractivity contribution is 5.92. The number of rotatable bonds is 5. The Bertz CT molecular complexity index is 683. The van der Waals surface area contributed by atoms with E-state index in [4.69, 9.17) is 14.2 Å². The molecule has 0 bridgehead atoms. The van der Waals surface area contributed by atoms with Crippen LogP contribution in [0.3, 0.4) is 0 Å². The van der Waals surface area contributed by atoms with Crippen molar-refractivity contribution >= 4 is 11.9 Å². The highest BCUT2D eigenvalue weighted by Crippen LogP contribution is 2.36. The Morgan fingerprint density at radius 2 is 2.11 bits per heavy atom. The number of hydrogen-bond donors (Lipinski definition) is 1. The first-order valence-corrected chi connectivity index (χ1v) is 9.04. The zero-order valence-electron chi connectivity index (χ0n) is 16.2. The summed E-state index contributed by atoms with van der Waals surface area (Å²) in [5, 5.41) is 9.31. The summed E-state index contributed by atoms with van der Waals surface area (Å²) in [4.78, 5) is 24.7. The van der Waals surface area contributed by atoms with Crippen molar-refractivity contribution in [3.05, 3.63) is 47.6 Å². The predicted octanol–water partition coefficient (Wildman–Crippen LogP) is 2.64. The average molecular weight is 376 g/mol. The van der Waals surface area contributed by atoms with Crippen LogP contribution in [0.25, 0.3) is 0 Å². The van der Waals surface area contributed by atoms with E-state index in [2.05, 4.69) is 19.2 Å². The number of aliphatic hydroxyl groups is 1. The summed E-state index contributed by atoms with van der Waals surface area (Å²) < 4.78 is 16.2. The van der Waals surface area contributed by atoms with Gasteiger partial charge in [0.25, 0.3) is 0 Å². The van der Waals surface area contributed by atoms with E-state index in [-0.39, 0.29) is 12.2 Å². The molecule has 1 saturated heterocycles. The van der Waals surface area contributed by atoms with E-state index in [0.717, 1.165) is 24.0 Å². The molecule has 1 heterocycles. The van der Waals surface area contributed by atoms with E-state index in [1.807, 2.05) is 19.9 Å². The Hall–Kier alpha value is -2.18. The third kappa shape index (κ3) is 4.96. The van der Waals surface area contributed by atoms with E-state index in [1.165, 1.54) is 7.11 Å². The van der Waals surface area contributed by atoms with Gasteiger partial charge in [0.2, 0.25) is 0 Å². The van der Waals surface area contributed by atoms with Crippen LogP contribution in [0, 0.1) is 5.92 Å². The largest absolute Gasteiger partial charge is 0.458 e. The highest BCUT2D eigenvalue weighted by Gasteiger charge is 2.44. The third-order valence-corrected chi connectivity index (χ3v) is 5.03. The van der Waals surface area contributed by atoms with Crippen molar-refractivity contribution in [2.75, 3.05) is 13.7 Å². The van der Waals surface area contributed by atoms with E-state index < -0.39 is 36.2 Å². The lowest BCUT2D eigenvalue weighted by Gasteiger charge is -2.28. The molecule has 0 aromatic carbocycles. The van der Waals surface area contributed by atoms with Gasteiger partial charge in [-0.25, -0.2) is 9.59 Å². The number of methoxy groups -OCH3 is 1. The van der Waals surface area contributed by atoms with Crippen LogP contribution in [0.15, 0.2) is 47.6 Å². The Balaban J connectivity index is 2.32. The van der Waals surface area contributed by atoms with Crippen molar-refractivity contribution in [3.63, 3.8) is 0 Å². The quantitative estimate of drug-likeness (QED) is 0.451. The molecule has 0 spiro atoms. The normalized spacial score (nSPS) is 30.9. The molecule has 148 valence electrons. The Morgan fingerprint density at radius 1 is 1.41 bits per heavy atom. The fraction of sp³-hybridized carbons (Fsp3) is 0.524. The zero-order valence-corrected chi connectivity index (χ0v) is 16.2. The maximum Gasteiger partial charge on any atom is 0.336 e. The van der Waals surface area contributed by atoms with Crippen LogP contribution in [0.2, 0.25) is 0 Å². The van der Waals surface area contributed by atoms with Gasteiger partial charge in [0.05, 0.1) is 18.1 Å². The molecule has 4 atom stereocenters. The van der Waals surface area contributed by atoms with Crippen molar-refractivity contribution in [1.82, 2.24) is 0 Å². The molecule has 27 heavy (non-hydrogen) atoms. The second-order valence-electron chi connectivity index (χ2n) is 7.10. The van der Waals surface area contributed by atoms with Crippen LogP contribution in [-0.2, 0) is 23.8 Å². The van der Waals surface area contributed by atoms with Crippen molar-refractivity contribution < 1.29 is 28.9 Å². The summed E-state index contributed by atoms with van der Waals surface area (Å²) in [6, 6.07) is 0. The van der Waals surface area contributed by atoms with Gasteiger partial charge in [-0.05, 0) is 32.8 Å². The van der Waals surface area contributed by atoms with Crippen LogP contribution >= 0.6 is 0 Å². The van der Waals surface area contributed by atoms with Crippen LogP contribution in [0.5, 0.6) is 0 Å². The minimum atomic E-state index is -0.837. The molecule has 1 aliphatic carbocycles. The average Bonchev–Trinajstić information content (AvgIpc) is 2.88. The molecular weight excluding hydrogens is 348 g/mol. The van der Waals surface area contributed by atoms with Gasteiger partial charge in [0.15, 0.2) is 0 Å². The minimum Gasteiger partial charge on any atom is -0.458 e. The van der Waals surface area contributed by atoms with Gasteiger partial charge in [-0.3, -0.25) is 0 Å². The molecule has 1 N–H and O–H groups in total. The number of hydrogen-bond acceptors (Lipinski definition) is 6. The maximum absolute atomic E-state index is 12.6. The fourth-order valence-corrected chi connectivity index (χ4v) is 3.40. The molecule has 1 aliphatic heterocycles. The lowest BCUT2D eigenvalue weighted by molar-refractivity contribution is -0.148. The van der Waals surface area contributed by atoms with Crippen LogP contribution < -0.4 is 0 Å². The molecule has 1 fully saturated rings. The Morgan fingerprint density at radius 3 is 2.74 bits per heavy atom. The van der Waals surface area contributed by atoms with Gasteiger partial charge in [0, 0.05) is 19.1 Å². The monoisotopic (exact) mass is 376 g/mol. The lowest BCUT2D eigenvalue weighted by Crippen LogP contribution is -2.35. The van der Waals surface area contributed by atoms with E-state index in [0.29, 0.717) is 12.0 Å². The first-order chi connectivity index (χ1) is 12.8. The molecule has 0 radical (unpaired) electrons. The van der Waals surface area contributed by atoms with Crippen LogP contribution in [0.1, 0.15) is 33.1 Å². The molecule has 1 unspecified atom stereocenters. The topological polar surface area (TPSA) is 82.1 Å². The summed E-state index contributed by atoms with van der Waals surface area (Å²) in [5.74, 6) is -1.61. The molecule has 6 heteroatoms. The summed E-state index contributed by atoms with van der Waals surface area (Å²) in [6.45, 7) is 11.1. The fourth-order valence-electron chi connectivity index (χ4n) is 3.40. The summed E-state index contributed by atoms with van der Waals surface area (Å²) >= 11 is 0. The molecule has 2 aliphatic rings. The number of fused-ring (bicyclic) bond motifs is 1. The molecule has 0 aromatic rings. The number of allylic oxidation sites excluding steroid dienone is 2. The highest BCUT2D eigenvalue weighted by atomic mass is 16.6. The Kier molecular flexibility index (Phi) is 7.16. The number of aliphatic hydroxyl groups excluding tert-OH is 1. The van der Waals surface area contributed by atoms with Crippen molar-refractivity contribution in [2.45, 2.75) is 51.4 Å². The van der Waals surface area contributed by atoms with E-state index >= 15 is 0 Å². The van der Waals surface area contributed by atoms with Gasteiger partial charge < -0.3 is 19.3 Å². The maximum atomic E-state index is 12.6. The van der Waals surface area contributed by atoms with Gasteiger partial charge in [-0.1, -0.05) is 30.4 Å².